The Bertz CT molecular complexity index is 1370. The molecule has 0 bridgehead atoms. The van der Waals surface area contributed by atoms with Gasteiger partial charge in [-0.15, -0.1) is 0 Å². The van der Waals surface area contributed by atoms with Gasteiger partial charge in [0.2, 0.25) is 15.9 Å². The first-order valence-electron chi connectivity index (χ1n) is 13.0. The van der Waals surface area contributed by atoms with E-state index in [1.165, 1.54) is 10.6 Å². The molecule has 5 rings (SSSR count). The van der Waals surface area contributed by atoms with Crippen molar-refractivity contribution in [1.82, 2.24) is 19.3 Å². The molecule has 2 fully saturated rings. The van der Waals surface area contributed by atoms with E-state index < -0.39 is 21.7 Å². The van der Waals surface area contributed by atoms with Gasteiger partial charge in [0.25, 0.3) is 0 Å². The van der Waals surface area contributed by atoms with Crippen molar-refractivity contribution in [2.45, 2.75) is 38.4 Å². The molecule has 0 radical (unpaired) electrons. The lowest BCUT2D eigenvalue weighted by Gasteiger charge is -2.38. The predicted molar refractivity (Wildman–Crippen MR) is 146 cm³/mol. The van der Waals surface area contributed by atoms with Gasteiger partial charge in [0.1, 0.15) is 12.7 Å². The van der Waals surface area contributed by atoms with Gasteiger partial charge in [-0.2, -0.15) is 4.31 Å². The molecule has 0 amide bonds. The van der Waals surface area contributed by atoms with E-state index in [2.05, 4.69) is 27.0 Å². The summed E-state index contributed by atoms with van der Waals surface area (Å²) in [4.78, 5) is 16.0. The van der Waals surface area contributed by atoms with E-state index in [9.17, 15) is 13.5 Å². The van der Waals surface area contributed by atoms with Gasteiger partial charge in [-0.25, -0.2) is 18.4 Å². The Balaban J connectivity index is 1.32. The Morgan fingerprint density at radius 2 is 1.82 bits per heavy atom. The van der Waals surface area contributed by atoms with Crippen LogP contribution >= 0.6 is 0 Å². The molecular weight excluding hydrogens is 506 g/mol. The molecule has 11 heteroatoms. The van der Waals surface area contributed by atoms with Crippen molar-refractivity contribution in [1.29, 1.82) is 0 Å². The summed E-state index contributed by atoms with van der Waals surface area (Å²) >= 11 is 0. The summed E-state index contributed by atoms with van der Waals surface area (Å²) in [7, 11) is -3.30. The Labute approximate surface area is 223 Å². The van der Waals surface area contributed by atoms with Crippen LogP contribution in [0.2, 0.25) is 0 Å². The summed E-state index contributed by atoms with van der Waals surface area (Å²) in [6.07, 6.45) is 5.94. The molecule has 1 aromatic carbocycles. The van der Waals surface area contributed by atoms with Crippen LogP contribution in [0.25, 0.3) is 22.3 Å². The Morgan fingerprint density at radius 1 is 1.11 bits per heavy atom. The van der Waals surface area contributed by atoms with Gasteiger partial charge >= 0.3 is 0 Å². The lowest BCUT2D eigenvalue weighted by Crippen LogP contribution is -2.47. The molecular formula is C27H35N5O5S. The number of sulfonamides is 1. The number of hydrogen-bond acceptors (Lipinski definition) is 9. The summed E-state index contributed by atoms with van der Waals surface area (Å²) in [5.41, 5.74) is 3.34. The van der Waals surface area contributed by atoms with Crippen LogP contribution < -0.4 is 9.64 Å². The molecule has 10 nitrogen and oxygen atoms in total. The maximum absolute atomic E-state index is 11.9. The third kappa shape index (κ3) is 6.06. The highest BCUT2D eigenvalue weighted by atomic mass is 32.2. The number of anilines is 1. The van der Waals surface area contributed by atoms with E-state index in [0.717, 1.165) is 37.2 Å². The van der Waals surface area contributed by atoms with E-state index in [0.29, 0.717) is 41.7 Å². The number of aromatic nitrogens is 3. The van der Waals surface area contributed by atoms with Crippen LogP contribution in [-0.2, 0) is 14.8 Å². The molecule has 0 saturated carbocycles. The zero-order chi connectivity index (χ0) is 26.9. The number of nitrogens with zero attached hydrogens (tertiary/aromatic N) is 5. The molecule has 1 unspecified atom stereocenters. The minimum atomic E-state index is -3.30. The first-order valence-corrected chi connectivity index (χ1v) is 14.8. The number of morpholine rings is 1. The number of hydrogen-bond donors (Lipinski definition) is 1. The van der Waals surface area contributed by atoms with Gasteiger partial charge in [-0.1, -0.05) is 12.1 Å². The smallest absolute Gasteiger partial charge is 0.242 e. The van der Waals surface area contributed by atoms with Crippen LogP contribution in [0.4, 0.5) is 5.69 Å². The van der Waals surface area contributed by atoms with Crippen LogP contribution in [0.1, 0.15) is 26.7 Å². The molecule has 1 N–H and O–H groups in total. The van der Waals surface area contributed by atoms with Crippen molar-refractivity contribution in [3.63, 3.8) is 0 Å². The molecule has 204 valence electrons. The van der Waals surface area contributed by atoms with E-state index in [1.807, 2.05) is 32.0 Å². The number of rotatable bonds is 7. The van der Waals surface area contributed by atoms with Gasteiger partial charge in [0.05, 0.1) is 29.7 Å². The number of piperidine rings is 1. The summed E-state index contributed by atoms with van der Waals surface area (Å²) in [6, 6.07) is 10.2. The van der Waals surface area contributed by atoms with E-state index in [1.54, 1.807) is 12.4 Å². The lowest BCUT2D eigenvalue weighted by molar-refractivity contribution is -0.0252. The maximum Gasteiger partial charge on any atom is 0.242 e. The molecule has 2 saturated heterocycles. The Kier molecular flexibility index (Phi) is 7.54. The molecule has 2 aliphatic rings. The number of benzene rings is 1. The maximum atomic E-state index is 11.9. The van der Waals surface area contributed by atoms with Crippen molar-refractivity contribution in [3.8, 4) is 17.1 Å². The molecule has 3 aromatic rings. The third-order valence-electron chi connectivity index (χ3n) is 7.42. The molecule has 4 heterocycles. The standard InChI is InChI=1S/C27H35N5O5S/c1-27(2,33)20-8-12-31(13-9-20)21-6-4-19(5-7-21)23-16-24-25(29-11-10-28-24)26(30-23)37-18-22-17-32(14-15-36-22)38(3,34)35/h4-7,10-11,16,20,22,33H,8-9,12-15,17-18H2,1-3H3. The van der Waals surface area contributed by atoms with Gasteiger partial charge in [0.15, 0.2) is 5.52 Å². The first-order chi connectivity index (χ1) is 18.1. The SMILES string of the molecule is CC(C)(O)C1CCN(c2ccc(-c3cc4nccnc4c(OCC4CN(S(C)(=O)=O)CCO4)n3)cc2)CC1. The largest absolute Gasteiger partial charge is 0.473 e. The monoisotopic (exact) mass is 541 g/mol. The molecule has 38 heavy (non-hydrogen) atoms. The fourth-order valence-electron chi connectivity index (χ4n) is 5.15. The Morgan fingerprint density at radius 3 is 2.50 bits per heavy atom. The van der Waals surface area contributed by atoms with Gasteiger partial charge in [-0.3, -0.25) is 4.98 Å². The van der Waals surface area contributed by atoms with Crippen LogP contribution in [0.15, 0.2) is 42.7 Å². The molecule has 0 aliphatic carbocycles. The minimum absolute atomic E-state index is 0.147. The number of fused-ring (bicyclic) bond motifs is 1. The summed E-state index contributed by atoms with van der Waals surface area (Å²) in [5, 5.41) is 10.3. The highest BCUT2D eigenvalue weighted by molar-refractivity contribution is 7.88. The topological polar surface area (TPSA) is 118 Å². The summed E-state index contributed by atoms with van der Waals surface area (Å²) in [5.74, 6) is 0.649. The van der Waals surface area contributed by atoms with Gasteiger partial charge < -0.3 is 19.5 Å². The molecule has 0 spiro atoms. The van der Waals surface area contributed by atoms with E-state index >= 15 is 0 Å². The van der Waals surface area contributed by atoms with Crippen LogP contribution in [0, 0.1) is 5.92 Å². The highest BCUT2D eigenvalue weighted by Gasteiger charge is 2.31. The number of ether oxygens (including phenoxy) is 2. The number of aliphatic hydroxyl groups is 1. The summed E-state index contributed by atoms with van der Waals surface area (Å²) < 4.78 is 37.1. The van der Waals surface area contributed by atoms with Gasteiger partial charge in [0, 0.05) is 49.8 Å². The second kappa shape index (κ2) is 10.7. The molecule has 2 aliphatic heterocycles. The van der Waals surface area contributed by atoms with Crippen molar-refractivity contribution >= 4 is 26.7 Å². The lowest BCUT2D eigenvalue weighted by atomic mass is 9.83. The average molecular weight is 542 g/mol. The minimum Gasteiger partial charge on any atom is -0.473 e. The molecule has 2 aromatic heterocycles. The Hall–Kier alpha value is -2.86. The van der Waals surface area contributed by atoms with Gasteiger partial charge in [-0.05, 0) is 50.8 Å². The van der Waals surface area contributed by atoms with Crippen molar-refractivity contribution in [2.75, 3.05) is 50.5 Å². The second-order valence-electron chi connectivity index (χ2n) is 10.6. The second-order valence-corrected chi connectivity index (χ2v) is 12.6. The first kappa shape index (κ1) is 26.7. The zero-order valence-corrected chi connectivity index (χ0v) is 22.9. The van der Waals surface area contributed by atoms with Crippen LogP contribution in [-0.4, -0.2) is 90.1 Å². The van der Waals surface area contributed by atoms with E-state index in [-0.39, 0.29) is 13.2 Å². The predicted octanol–water partition coefficient (Wildman–Crippen LogP) is 2.72. The fourth-order valence-corrected chi connectivity index (χ4v) is 5.99. The van der Waals surface area contributed by atoms with Crippen LogP contribution in [0.5, 0.6) is 5.88 Å². The normalized spacial score (nSPS) is 20.1. The third-order valence-corrected chi connectivity index (χ3v) is 8.69. The molecule has 1 atom stereocenters. The van der Waals surface area contributed by atoms with Crippen molar-refractivity contribution in [2.24, 2.45) is 5.92 Å². The fraction of sp³-hybridized carbons (Fsp3) is 0.519. The quantitative estimate of drug-likeness (QED) is 0.482. The van der Waals surface area contributed by atoms with Crippen molar-refractivity contribution < 1.29 is 23.0 Å². The van der Waals surface area contributed by atoms with E-state index in [4.69, 9.17) is 14.5 Å². The average Bonchev–Trinajstić information content (AvgIpc) is 2.91. The summed E-state index contributed by atoms with van der Waals surface area (Å²) in [6.45, 7) is 6.65. The van der Waals surface area contributed by atoms with Crippen molar-refractivity contribution in [3.05, 3.63) is 42.7 Å². The highest BCUT2D eigenvalue weighted by Crippen LogP contribution is 2.32. The van der Waals surface area contributed by atoms with Crippen LogP contribution in [0.3, 0.4) is 0 Å². The number of pyridine rings is 1. The zero-order valence-electron chi connectivity index (χ0n) is 22.1.